The third kappa shape index (κ3) is 2.85. The Morgan fingerprint density at radius 1 is 1.56 bits per heavy atom. The van der Waals surface area contributed by atoms with E-state index < -0.39 is 0 Å². The molecule has 0 amide bonds. The summed E-state index contributed by atoms with van der Waals surface area (Å²) in [6, 6.07) is 8.15. The van der Waals surface area contributed by atoms with Crippen LogP contribution in [-0.4, -0.2) is 24.2 Å². The van der Waals surface area contributed by atoms with Crippen molar-refractivity contribution in [3.63, 3.8) is 0 Å². The number of hydrogen-bond donors (Lipinski definition) is 1. The van der Waals surface area contributed by atoms with Crippen LogP contribution in [0.2, 0.25) is 0 Å². The molecular formula is C13H17N3OS. The minimum atomic E-state index is -0.230. The van der Waals surface area contributed by atoms with E-state index >= 15 is 0 Å². The fourth-order valence-corrected chi connectivity index (χ4v) is 2.94. The van der Waals surface area contributed by atoms with Crippen LogP contribution in [0.3, 0.4) is 0 Å². The van der Waals surface area contributed by atoms with Gasteiger partial charge in [-0.3, -0.25) is 4.99 Å². The van der Waals surface area contributed by atoms with Crippen LogP contribution in [0, 0.1) is 0 Å². The number of benzene rings is 1. The summed E-state index contributed by atoms with van der Waals surface area (Å²) in [4.78, 5) is 9.28. The number of nitrogens with zero attached hydrogens (tertiary/aromatic N) is 2. The molecule has 0 bridgehead atoms. The van der Waals surface area contributed by atoms with Crippen LogP contribution in [0.4, 0.5) is 0 Å². The lowest BCUT2D eigenvalue weighted by atomic mass is 9.89. The van der Waals surface area contributed by atoms with Crippen LogP contribution >= 0.6 is 11.8 Å². The van der Waals surface area contributed by atoms with E-state index in [4.69, 9.17) is 10.6 Å². The van der Waals surface area contributed by atoms with E-state index in [0.29, 0.717) is 5.17 Å². The SMILES string of the molecule is CO/N=C/c1cccc(C2(C)CCSC(N)=N2)c1. The Kier molecular flexibility index (Phi) is 3.91. The first-order valence-corrected chi connectivity index (χ1v) is 6.78. The van der Waals surface area contributed by atoms with Gasteiger partial charge >= 0.3 is 0 Å². The molecule has 2 N–H and O–H groups in total. The fourth-order valence-electron chi connectivity index (χ4n) is 1.96. The van der Waals surface area contributed by atoms with Crippen molar-refractivity contribution >= 4 is 23.1 Å². The maximum absolute atomic E-state index is 5.83. The highest BCUT2D eigenvalue weighted by atomic mass is 32.2. The summed E-state index contributed by atoms with van der Waals surface area (Å²) in [6.07, 6.45) is 2.68. The molecule has 0 radical (unpaired) electrons. The number of hydrogen-bond acceptors (Lipinski definition) is 5. The molecule has 0 fully saturated rings. The van der Waals surface area contributed by atoms with Crippen molar-refractivity contribution in [3.05, 3.63) is 35.4 Å². The van der Waals surface area contributed by atoms with E-state index in [0.717, 1.165) is 23.3 Å². The van der Waals surface area contributed by atoms with Gasteiger partial charge in [0.2, 0.25) is 0 Å². The Hall–Kier alpha value is -1.49. The summed E-state index contributed by atoms with van der Waals surface area (Å²) in [5, 5.41) is 4.44. The summed E-state index contributed by atoms with van der Waals surface area (Å²) in [5.74, 6) is 1.00. The molecule has 2 rings (SSSR count). The summed E-state index contributed by atoms with van der Waals surface area (Å²) >= 11 is 1.61. The second-order valence-corrected chi connectivity index (χ2v) is 5.48. The molecule has 1 aromatic rings. The maximum Gasteiger partial charge on any atom is 0.154 e. The Morgan fingerprint density at radius 3 is 3.11 bits per heavy atom. The molecule has 1 aliphatic rings. The highest BCUT2D eigenvalue weighted by Gasteiger charge is 2.29. The van der Waals surface area contributed by atoms with Crippen molar-refractivity contribution in [2.75, 3.05) is 12.9 Å². The van der Waals surface area contributed by atoms with Crippen molar-refractivity contribution < 1.29 is 4.84 Å². The van der Waals surface area contributed by atoms with Crippen LogP contribution in [-0.2, 0) is 10.4 Å². The van der Waals surface area contributed by atoms with Gasteiger partial charge in [0, 0.05) is 5.75 Å². The molecule has 1 unspecified atom stereocenters. The zero-order valence-electron chi connectivity index (χ0n) is 10.6. The number of thioether (sulfide) groups is 1. The van der Waals surface area contributed by atoms with Crippen molar-refractivity contribution in [1.82, 2.24) is 0 Å². The molecule has 4 nitrogen and oxygen atoms in total. The molecule has 1 atom stereocenters. The van der Waals surface area contributed by atoms with Gasteiger partial charge in [-0.25, -0.2) is 0 Å². The van der Waals surface area contributed by atoms with Gasteiger partial charge in [-0.15, -0.1) is 0 Å². The van der Waals surface area contributed by atoms with E-state index in [1.54, 1.807) is 18.0 Å². The van der Waals surface area contributed by atoms with Gasteiger partial charge in [0.25, 0.3) is 0 Å². The van der Waals surface area contributed by atoms with Gasteiger partial charge < -0.3 is 10.6 Å². The lowest BCUT2D eigenvalue weighted by Crippen LogP contribution is -2.28. The van der Waals surface area contributed by atoms with Gasteiger partial charge in [-0.2, -0.15) is 0 Å². The zero-order chi connectivity index (χ0) is 13.0. The Morgan fingerprint density at radius 2 is 2.39 bits per heavy atom. The van der Waals surface area contributed by atoms with Gasteiger partial charge in [0.15, 0.2) is 5.17 Å². The summed E-state index contributed by atoms with van der Waals surface area (Å²) < 4.78 is 0. The smallest absolute Gasteiger partial charge is 0.154 e. The van der Waals surface area contributed by atoms with Gasteiger partial charge in [-0.1, -0.05) is 35.1 Å². The molecule has 0 saturated heterocycles. The standard InChI is InChI=1S/C13H17N3OS/c1-13(6-7-18-12(14)16-13)11-5-3-4-10(8-11)9-15-17-2/h3-5,8-9H,6-7H2,1-2H3,(H2,14,16)/b15-9+. The Labute approximate surface area is 111 Å². The van der Waals surface area contributed by atoms with Crippen LogP contribution in [0.5, 0.6) is 0 Å². The average Bonchev–Trinajstić information content (AvgIpc) is 2.36. The van der Waals surface area contributed by atoms with Crippen molar-refractivity contribution in [3.8, 4) is 0 Å². The molecule has 0 aliphatic carbocycles. The first kappa shape index (κ1) is 13.0. The van der Waals surface area contributed by atoms with Gasteiger partial charge in [0.05, 0.1) is 11.8 Å². The van der Waals surface area contributed by atoms with Crippen LogP contribution in [0.1, 0.15) is 24.5 Å². The van der Waals surface area contributed by atoms with Crippen LogP contribution in [0.15, 0.2) is 34.4 Å². The monoisotopic (exact) mass is 263 g/mol. The predicted molar refractivity (Wildman–Crippen MR) is 77.1 cm³/mol. The predicted octanol–water partition coefficient (Wildman–Crippen LogP) is 2.33. The number of rotatable bonds is 3. The minimum absolute atomic E-state index is 0.230. The number of nitrogens with two attached hydrogens (primary N) is 1. The minimum Gasteiger partial charge on any atom is -0.399 e. The topological polar surface area (TPSA) is 60.0 Å². The lowest BCUT2D eigenvalue weighted by molar-refractivity contribution is 0.215. The first-order chi connectivity index (χ1) is 8.64. The third-order valence-electron chi connectivity index (χ3n) is 3.01. The van der Waals surface area contributed by atoms with E-state index in [9.17, 15) is 0 Å². The summed E-state index contributed by atoms with van der Waals surface area (Å²) in [6.45, 7) is 2.12. The molecule has 18 heavy (non-hydrogen) atoms. The van der Waals surface area contributed by atoms with E-state index in [2.05, 4.69) is 29.2 Å². The summed E-state index contributed by atoms with van der Waals surface area (Å²) in [7, 11) is 1.53. The average molecular weight is 263 g/mol. The molecule has 1 aliphatic heterocycles. The molecule has 96 valence electrons. The number of amidine groups is 1. The van der Waals surface area contributed by atoms with E-state index in [1.807, 2.05) is 12.1 Å². The summed E-state index contributed by atoms with van der Waals surface area (Å²) in [5.41, 5.74) is 7.76. The molecule has 5 heteroatoms. The van der Waals surface area contributed by atoms with Gasteiger partial charge in [0.1, 0.15) is 7.11 Å². The third-order valence-corrected chi connectivity index (χ3v) is 3.81. The van der Waals surface area contributed by atoms with Crippen LogP contribution < -0.4 is 5.73 Å². The largest absolute Gasteiger partial charge is 0.399 e. The van der Waals surface area contributed by atoms with E-state index in [-0.39, 0.29) is 5.54 Å². The second kappa shape index (κ2) is 5.44. The highest BCUT2D eigenvalue weighted by molar-refractivity contribution is 8.13. The maximum atomic E-state index is 5.83. The molecule has 1 aromatic carbocycles. The Bertz CT molecular complexity index is 487. The molecular weight excluding hydrogens is 246 g/mol. The zero-order valence-corrected chi connectivity index (χ0v) is 11.4. The lowest BCUT2D eigenvalue weighted by Gasteiger charge is -2.29. The van der Waals surface area contributed by atoms with Gasteiger partial charge in [-0.05, 0) is 30.5 Å². The Balaban J connectivity index is 2.33. The number of oxime groups is 1. The fraction of sp³-hybridized carbons (Fsp3) is 0.385. The van der Waals surface area contributed by atoms with E-state index in [1.165, 1.54) is 7.11 Å². The number of aliphatic imine (C=N–C) groups is 1. The first-order valence-electron chi connectivity index (χ1n) is 5.79. The molecule has 0 saturated carbocycles. The second-order valence-electron chi connectivity index (χ2n) is 4.36. The highest BCUT2D eigenvalue weighted by Crippen LogP contribution is 2.34. The van der Waals surface area contributed by atoms with Crippen LogP contribution in [0.25, 0.3) is 0 Å². The molecule has 0 spiro atoms. The quantitative estimate of drug-likeness (QED) is 0.672. The van der Waals surface area contributed by atoms with Crippen molar-refractivity contribution in [2.45, 2.75) is 18.9 Å². The molecule has 0 aromatic heterocycles. The van der Waals surface area contributed by atoms with Crippen molar-refractivity contribution in [1.29, 1.82) is 0 Å². The molecule has 1 heterocycles. The normalized spacial score (nSPS) is 24.0. The van der Waals surface area contributed by atoms with Crippen molar-refractivity contribution in [2.24, 2.45) is 15.9 Å².